The smallest absolute Gasteiger partial charge is 0.327 e. The molecule has 1 unspecified atom stereocenters. The summed E-state index contributed by atoms with van der Waals surface area (Å²) < 4.78 is 11.8. The number of nitrogens with two attached hydrogens (primary N) is 1. The number of anilines is 1. The number of carbonyl (C=O) groups is 3. The molecule has 210 valence electrons. The number of aromatic amines is 1. The molecule has 39 heavy (non-hydrogen) atoms. The third-order valence-electron chi connectivity index (χ3n) is 6.06. The predicted octanol–water partition coefficient (Wildman–Crippen LogP) is 2.10. The number of benzene rings is 1. The maximum absolute atomic E-state index is 12.7. The van der Waals surface area contributed by atoms with Crippen molar-refractivity contribution in [1.29, 1.82) is 0 Å². The first-order chi connectivity index (χ1) is 18.7. The second kappa shape index (κ2) is 13.9. The molecule has 0 saturated heterocycles. The van der Waals surface area contributed by atoms with Gasteiger partial charge in [-0.05, 0) is 30.4 Å². The fourth-order valence-electron chi connectivity index (χ4n) is 4.03. The number of carboxylic acid groups (broad SMARTS) is 1. The minimum atomic E-state index is -1.07. The van der Waals surface area contributed by atoms with Gasteiger partial charge in [-0.1, -0.05) is 37.6 Å². The van der Waals surface area contributed by atoms with Crippen LogP contribution in [0.25, 0.3) is 11.2 Å². The first-order valence-electron chi connectivity index (χ1n) is 12.8. The average molecular weight is 543 g/mol. The second-order valence-corrected chi connectivity index (χ2v) is 9.03. The summed E-state index contributed by atoms with van der Waals surface area (Å²) in [7, 11) is 1.31. The molecule has 0 aliphatic heterocycles. The van der Waals surface area contributed by atoms with Gasteiger partial charge in [0, 0.05) is 13.0 Å². The molecule has 3 aromatic rings. The van der Waals surface area contributed by atoms with Gasteiger partial charge >= 0.3 is 23.6 Å². The third-order valence-corrected chi connectivity index (χ3v) is 6.06. The number of unbranched alkanes of at least 4 members (excludes halogenated alkanes) is 1. The quantitative estimate of drug-likeness (QED) is 0.163. The normalized spacial score (nSPS) is 11.7. The Morgan fingerprint density at radius 3 is 2.72 bits per heavy atom. The number of imidazole rings is 1. The maximum Gasteiger partial charge on any atom is 0.327 e. The summed E-state index contributed by atoms with van der Waals surface area (Å²) in [6.45, 7) is 2.71. The Labute approximate surface area is 224 Å². The molecule has 5 N–H and O–H groups in total. The monoisotopic (exact) mass is 542 g/mol. The molecule has 0 bridgehead atoms. The minimum absolute atomic E-state index is 0.0680. The molecule has 2 aromatic heterocycles. The molecule has 0 saturated carbocycles. The Bertz CT molecular complexity index is 1370. The Morgan fingerprint density at radius 1 is 1.21 bits per heavy atom. The number of esters is 1. The van der Waals surface area contributed by atoms with Crippen molar-refractivity contribution < 1.29 is 29.0 Å². The Morgan fingerprint density at radius 2 is 2.00 bits per heavy atom. The molecular weight excluding hydrogens is 508 g/mol. The number of H-pyrrole nitrogens is 1. The SMILES string of the molecule is CCCCOc1nc(N)c2[nH]c(=O)n(CCCC(NC(=O)CCC(=O)O)c3cccc(CC(=O)OC)c3)c2n1. The van der Waals surface area contributed by atoms with Gasteiger partial charge < -0.3 is 30.6 Å². The van der Waals surface area contributed by atoms with Gasteiger partial charge in [-0.15, -0.1) is 0 Å². The molecule has 0 spiro atoms. The largest absolute Gasteiger partial charge is 0.481 e. The zero-order chi connectivity index (χ0) is 28.4. The van der Waals surface area contributed by atoms with Gasteiger partial charge in [0.1, 0.15) is 5.52 Å². The van der Waals surface area contributed by atoms with Gasteiger partial charge in [0.25, 0.3) is 0 Å². The third kappa shape index (κ3) is 8.28. The molecular formula is C26H34N6O7. The zero-order valence-electron chi connectivity index (χ0n) is 22.1. The number of fused-ring (bicyclic) bond motifs is 1. The number of aryl methyl sites for hydroxylation is 1. The Kier molecular flexibility index (Phi) is 10.4. The number of carboxylic acids is 1. The molecule has 0 aliphatic rings. The molecule has 3 rings (SSSR count). The number of nitrogens with zero attached hydrogens (tertiary/aromatic N) is 3. The lowest BCUT2D eigenvalue weighted by atomic mass is 9.98. The topological polar surface area (TPSA) is 192 Å². The van der Waals surface area contributed by atoms with E-state index in [0.717, 1.165) is 18.4 Å². The number of aromatic nitrogens is 4. The summed E-state index contributed by atoms with van der Waals surface area (Å²) in [5.41, 5.74) is 7.70. The summed E-state index contributed by atoms with van der Waals surface area (Å²) in [5.74, 6) is -1.78. The highest BCUT2D eigenvalue weighted by molar-refractivity contribution is 5.82. The number of hydrogen-bond donors (Lipinski definition) is 4. The number of aliphatic carboxylic acids is 1. The molecule has 0 radical (unpaired) electrons. The highest BCUT2D eigenvalue weighted by Gasteiger charge is 2.19. The van der Waals surface area contributed by atoms with Crippen LogP contribution in [0, 0.1) is 0 Å². The van der Waals surface area contributed by atoms with Crippen molar-refractivity contribution in [2.45, 2.75) is 64.5 Å². The van der Waals surface area contributed by atoms with Crippen LogP contribution < -0.4 is 21.5 Å². The molecule has 0 fully saturated rings. The second-order valence-electron chi connectivity index (χ2n) is 9.03. The summed E-state index contributed by atoms with van der Waals surface area (Å²) in [6.07, 6.45) is 2.22. The molecule has 1 amide bonds. The van der Waals surface area contributed by atoms with Crippen LogP contribution in [0.3, 0.4) is 0 Å². The predicted molar refractivity (Wildman–Crippen MR) is 142 cm³/mol. The summed E-state index contributed by atoms with van der Waals surface area (Å²) in [5, 5.41) is 11.8. The van der Waals surface area contributed by atoms with Crippen LogP contribution in [0.1, 0.15) is 62.6 Å². The van der Waals surface area contributed by atoms with Crippen molar-refractivity contribution in [3.8, 4) is 6.01 Å². The first-order valence-corrected chi connectivity index (χ1v) is 12.8. The van der Waals surface area contributed by atoms with Gasteiger partial charge in [-0.25, -0.2) is 4.79 Å². The van der Waals surface area contributed by atoms with Crippen molar-refractivity contribution in [3.63, 3.8) is 0 Å². The van der Waals surface area contributed by atoms with Crippen LogP contribution >= 0.6 is 0 Å². The molecule has 2 heterocycles. The lowest BCUT2D eigenvalue weighted by Crippen LogP contribution is -2.29. The van der Waals surface area contributed by atoms with E-state index in [9.17, 15) is 19.2 Å². The molecule has 1 atom stereocenters. The number of nitrogen functional groups attached to an aromatic ring is 1. The summed E-state index contributed by atoms with van der Waals surface area (Å²) >= 11 is 0. The lowest BCUT2D eigenvalue weighted by molar-refractivity contribution is -0.140. The number of carbonyl (C=O) groups excluding carboxylic acids is 2. The maximum atomic E-state index is 12.7. The van der Waals surface area contributed by atoms with Crippen LogP contribution in [0.15, 0.2) is 29.1 Å². The van der Waals surface area contributed by atoms with Gasteiger partial charge in [0.15, 0.2) is 11.5 Å². The van der Waals surface area contributed by atoms with Crippen molar-refractivity contribution >= 4 is 34.8 Å². The Hall–Kier alpha value is -4.42. The molecule has 1 aromatic carbocycles. The van der Waals surface area contributed by atoms with Gasteiger partial charge in [-0.3, -0.25) is 19.0 Å². The fraction of sp³-hybridized carbons (Fsp3) is 0.462. The molecule has 13 heteroatoms. The number of nitrogens with one attached hydrogen (secondary N) is 2. The molecule has 13 nitrogen and oxygen atoms in total. The number of ether oxygens (including phenoxy) is 2. The average Bonchev–Trinajstić information content (AvgIpc) is 3.22. The van der Waals surface area contributed by atoms with E-state index in [4.69, 9.17) is 20.3 Å². The van der Waals surface area contributed by atoms with Crippen LogP contribution in [0.4, 0.5) is 5.82 Å². The minimum Gasteiger partial charge on any atom is -0.481 e. The first kappa shape index (κ1) is 29.1. The van der Waals surface area contributed by atoms with E-state index in [1.807, 2.05) is 13.0 Å². The van der Waals surface area contributed by atoms with Gasteiger partial charge in [-0.2, -0.15) is 9.97 Å². The zero-order valence-corrected chi connectivity index (χ0v) is 22.1. The number of methoxy groups -OCH3 is 1. The summed E-state index contributed by atoms with van der Waals surface area (Å²) in [6, 6.07) is 6.76. The van der Waals surface area contributed by atoms with E-state index in [2.05, 4.69) is 20.3 Å². The number of hydrogen-bond acceptors (Lipinski definition) is 9. The van der Waals surface area contributed by atoms with Gasteiger partial charge in [0.05, 0.1) is 32.6 Å². The number of amides is 1. The van der Waals surface area contributed by atoms with Crippen molar-refractivity contribution in [1.82, 2.24) is 24.8 Å². The van der Waals surface area contributed by atoms with E-state index in [1.165, 1.54) is 11.7 Å². The summed E-state index contributed by atoms with van der Waals surface area (Å²) in [4.78, 5) is 59.0. The fourth-order valence-corrected chi connectivity index (χ4v) is 4.03. The van der Waals surface area contributed by atoms with Crippen LogP contribution in [0.2, 0.25) is 0 Å². The standard InChI is InChI=1S/C26H34N6O7/c1-3-4-13-39-25-30-23(27)22-24(31-25)32(26(37)29-22)12-6-9-18(28-19(33)10-11-20(34)35)17-8-5-7-16(14-17)15-21(36)38-2/h5,7-8,14,18H,3-4,6,9-13,15H2,1-2H3,(H,28,33)(H,29,37)(H,34,35)(H2,27,30,31). The van der Waals surface area contributed by atoms with Crippen molar-refractivity contribution in [2.75, 3.05) is 19.5 Å². The highest BCUT2D eigenvalue weighted by atomic mass is 16.5. The van der Waals surface area contributed by atoms with E-state index in [1.54, 1.807) is 18.2 Å². The van der Waals surface area contributed by atoms with E-state index in [-0.39, 0.29) is 37.6 Å². The van der Waals surface area contributed by atoms with Crippen molar-refractivity contribution in [2.24, 2.45) is 0 Å². The highest BCUT2D eigenvalue weighted by Crippen LogP contribution is 2.23. The van der Waals surface area contributed by atoms with Crippen molar-refractivity contribution in [3.05, 3.63) is 45.9 Å². The molecule has 0 aliphatic carbocycles. The van der Waals surface area contributed by atoms with Crippen LogP contribution in [-0.2, 0) is 32.1 Å². The van der Waals surface area contributed by atoms with E-state index in [0.29, 0.717) is 36.2 Å². The Balaban J connectivity index is 1.79. The van der Waals surface area contributed by atoms with Crippen LogP contribution in [-0.4, -0.2) is 56.2 Å². The number of rotatable bonds is 15. The van der Waals surface area contributed by atoms with Gasteiger partial charge in [0.2, 0.25) is 5.91 Å². The van der Waals surface area contributed by atoms with Crippen LogP contribution in [0.5, 0.6) is 6.01 Å². The lowest BCUT2D eigenvalue weighted by Gasteiger charge is -2.20. The van der Waals surface area contributed by atoms with E-state index < -0.39 is 29.6 Å². The van der Waals surface area contributed by atoms with E-state index >= 15 is 0 Å².